The van der Waals surface area contributed by atoms with Crippen molar-refractivity contribution in [3.05, 3.63) is 28.3 Å². The van der Waals surface area contributed by atoms with E-state index in [1.165, 1.54) is 15.6 Å². The molecule has 0 radical (unpaired) electrons. The van der Waals surface area contributed by atoms with Gasteiger partial charge in [-0.05, 0) is 0 Å². The molecule has 0 unspecified atom stereocenters. The quantitative estimate of drug-likeness (QED) is 0.431. The average Bonchev–Trinajstić information content (AvgIpc) is 2.83. The van der Waals surface area contributed by atoms with E-state index in [0.717, 1.165) is 6.20 Å². The first-order valence-corrected chi connectivity index (χ1v) is 4.52. The van der Waals surface area contributed by atoms with Gasteiger partial charge in [0.05, 0.1) is 4.92 Å². The summed E-state index contributed by atoms with van der Waals surface area (Å²) in [6.07, 6.45) is 2.97. The molecule has 16 heavy (non-hydrogen) atoms. The molecular formula is C7H9N7O2. The number of hydrogen-bond donors (Lipinski definition) is 1. The zero-order valence-electron chi connectivity index (χ0n) is 8.44. The fourth-order valence-corrected chi connectivity index (χ4v) is 1.23. The van der Waals surface area contributed by atoms with Crippen LogP contribution in [0.1, 0.15) is 12.7 Å². The Balaban J connectivity index is 2.42. The smallest absolute Gasteiger partial charge is 0.307 e. The molecule has 0 aliphatic rings. The molecule has 0 fully saturated rings. The summed E-state index contributed by atoms with van der Waals surface area (Å²) >= 11 is 0. The van der Waals surface area contributed by atoms with Gasteiger partial charge in [-0.25, -0.2) is 4.68 Å². The molecule has 2 rings (SSSR count). The van der Waals surface area contributed by atoms with Crippen molar-refractivity contribution in [2.45, 2.75) is 13.3 Å². The molecule has 0 aliphatic carbocycles. The predicted molar refractivity (Wildman–Crippen MR) is 53.3 cm³/mol. The molecule has 0 bridgehead atoms. The predicted octanol–water partition coefficient (Wildman–Crippen LogP) is -0.352. The van der Waals surface area contributed by atoms with E-state index in [1.54, 1.807) is 0 Å². The Hall–Kier alpha value is -2.45. The second-order valence-corrected chi connectivity index (χ2v) is 3.04. The minimum Gasteiger partial charge on any atom is -0.335 e. The number of nitrogen functional groups attached to an aromatic ring is 1. The van der Waals surface area contributed by atoms with Crippen molar-refractivity contribution < 1.29 is 4.92 Å². The van der Waals surface area contributed by atoms with Gasteiger partial charge in [0.1, 0.15) is 12.4 Å². The molecule has 9 heteroatoms. The molecule has 0 amide bonds. The van der Waals surface area contributed by atoms with Crippen LogP contribution in [0.4, 0.5) is 5.69 Å². The van der Waals surface area contributed by atoms with Crippen LogP contribution in [0.25, 0.3) is 5.95 Å². The maximum atomic E-state index is 10.5. The van der Waals surface area contributed by atoms with E-state index in [2.05, 4.69) is 15.3 Å². The third-order valence-electron chi connectivity index (χ3n) is 2.05. The maximum absolute atomic E-state index is 10.5. The highest BCUT2D eigenvalue weighted by molar-refractivity contribution is 5.25. The highest BCUT2D eigenvalue weighted by Crippen LogP contribution is 2.11. The Morgan fingerprint density at radius 1 is 1.56 bits per heavy atom. The standard InChI is InChI=1S/C7H9N7O2/c1-2-6-10-11-7(13(6)8)12-4-5(3-9-12)14(15)16/h3-4H,2,8H2,1H3. The lowest BCUT2D eigenvalue weighted by Gasteiger charge is -2.00. The lowest BCUT2D eigenvalue weighted by atomic mass is 10.5. The summed E-state index contributed by atoms with van der Waals surface area (Å²) in [5.41, 5.74) is -0.124. The first kappa shape index (κ1) is 10.1. The molecule has 0 spiro atoms. The second kappa shape index (κ2) is 3.61. The van der Waals surface area contributed by atoms with Crippen LogP contribution in [0.15, 0.2) is 12.4 Å². The van der Waals surface area contributed by atoms with E-state index >= 15 is 0 Å². The largest absolute Gasteiger partial charge is 0.335 e. The molecule has 2 aromatic heterocycles. The molecular weight excluding hydrogens is 214 g/mol. The van der Waals surface area contributed by atoms with Crippen molar-refractivity contribution in [1.82, 2.24) is 24.7 Å². The van der Waals surface area contributed by atoms with Gasteiger partial charge in [-0.1, -0.05) is 6.92 Å². The summed E-state index contributed by atoms with van der Waals surface area (Å²) in [6.45, 7) is 1.88. The number of nitrogens with zero attached hydrogens (tertiary/aromatic N) is 6. The Kier molecular flexibility index (Phi) is 2.27. The van der Waals surface area contributed by atoms with Gasteiger partial charge in [0.15, 0.2) is 5.82 Å². The van der Waals surface area contributed by atoms with Gasteiger partial charge in [0, 0.05) is 6.42 Å². The van der Waals surface area contributed by atoms with Crippen molar-refractivity contribution >= 4 is 5.69 Å². The SMILES string of the molecule is CCc1nnc(-n2cc([N+](=O)[O-])cn2)n1N. The fourth-order valence-electron chi connectivity index (χ4n) is 1.23. The lowest BCUT2D eigenvalue weighted by Crippen LogP contribution is -2.17. The van der Waals surface area contributed by atoms with Crippen LogP contribution < -0.4 is 5.84 Å². The van der Waals surface area contributed by atoms with Crippen LogP contribution in [0.3, 0.4) is 0 Å². The average molecular weight is 223 g/mol. The molecule has 2 aromatic rings. The normalized spacial score (nSPS) is 10.6. The molecule has 2 N–H and O–H groups in total. The van der Waals surface area contributed by atoms with Gasteiger partial charge in [-0.15, -0.1) is 10.2 Å². The highest BCUT2D eigenvalue weighted by atomic mass is 16.6. The topological polar surface area (TPSA) is 118 Å². The van der Waals surface area contributed by atoms with Gasteiger partial charge in [0.2, 0.25) is 0 Å². The summed E-state index contributed by atoms with van der Waals surface area (Å²) in [5, 5.41) is 21.9. The molecule has 0 saturated carbocycles. The van der Waals surface area contributed by atoms with Crippen LogP contribution in [-0.2, 0) is 6.42 Å². The van der Waals surface area contributed by atoms with Gasteiger partial charge < -0.3 is 5.84 Å². The summed E-state index contributed by atoms with van der Waals surface area (Å²) in [5.74, 6) is 6.51. The third kappa shape index (κ3) is 1.47. The number of nitro groups is 1. The molecule has 84 valence electrons. The summed E-state index contributed by atoms with van der Waals surface area (Å²) in [6, 6.07) is 0. The molecule has 0 atom stereocenters. The van der Waals surface area contributed by atoms with E-state index in [0.29, 0.717) is 12.2 Å². The number of aryl methyl sites for hydroxylation is 1. The van der Waals surface area contributed by atoms with Crippen LogP contribution in [0.5, 0.6) is 0 Å². The molecule has 0 aromatic carbocycles. The minimum atomic E-state index is -0.540. The fraction of sp³-hybridized carbons (Fsp3) is 0.286. The van der Waals surface area contributed by atoms with Crippen molar-refractivity contribution in [2.75, 3.05) is 5.84 Å². The van der Waals surface area contributed by atoms with Gasteiger partial charge in [-0.2, -0.15) is 9.78 Å². The minimum absolute atomic E-state index is 0.124. The van der Waals surface area contributed by atoms with Crippen molar-refractivity contribution in [3.63, 3.8) is 0 Å². The number of nitrogens with two attached hydrogens (primary N) is 1. The molecule has 9 nitrogen and oxygen atoms in total. The van der Waals surface area contributed by atoms with Crippen LogP contribution in [0, 0.1) is 10.1 Å². The first-order valence-electron chi connectivity index (χ1n) is 4.52. The van der Waals surface area contributed by atoms with Crippen LogP contribution >= 0.6 is 0 Å². The van der Waals surface area contributed by atoms with Crippen molar-refractivity contribution in [1.29, 1.82) is 0 Å². The number of hydrogen-bond acceptors (Lipinski definition) is 6. The zero-order chi connectivity index (χ0) is 11.7. The Morgan fingerprint density at radius 2 is 2.31 bits per heavy atom. The van der Waals surface area contributed by atoms with Crippen LogP contribution in [-0.4, -0.2) is 29.6 Å². The van der Waals surface area contributed by atoms with E-state index in [-0.39, 0.29) is 11.6 Å². The number of aromatic nitrogens is 5. The summed E-state index contributed by atoms with van der Waals surface area (Å²) in [7, 11) is 0. The van der Waals surface area contributed by atoms with Gasteiger partial charge in [-0.3, -0.25) is 10.1 Å². The Labute approximate surface area is 89.6 Å². The second-order valence-electron chi connectivity index (χ2n) is 3.04. The van der Waals surface area contributed by atoms with E-state index in [9.17, 15) is 10.1 Å². The molecule has 0 saturated heterocycles. The summed E-state index contributed by atoms with van der Waals surface area (Å²) < 4.78 is 2.46. The van der Waals surface area contributed by atoms with E-state index < -0.39 is 4.92 Å². The van der Waals surface area contributed by atoms with E-state index in [4.69, 9.17) is 5.84 Å². The van der Waals surface area contributed by atoms with Gasteiger partial charge >= 0.3 is 5.69 Å². The first-order chi connectivity index (χ1) is 7.63. The third-order valence-corrected chi connectivity index (χ3v) is 2.05. The van der Waals surface area contributed by atoms with E-state index in [1.807, 2.05) is 6.92 Å². The maximum Gasteiger partial charge on any atom is 0.307 e. The summed E-state index contributed by atoms with van der Waals surface area (Å²) in [4.78, 5) is 9.93. The van der Waals surface area contributed by atoms with Crippen molar-refractivity contribution in [3.8, 4) is 5.95 Å². The molecule has 2 heterocycles. The Bertz CT molecular complexity index is 529. The highest BCUT2D eigenvalue weighted by Gasteiger charge is 2.15. The van der Waals surface area contributed by atoms with Crippen molar-refractivity contribution in [2.24, 2.45) is 0 Å². The van der Waals surface area contributed by atoms with Crippen LogP contribution in [0.2, 0.25) is 0 Å². The number of rotatable bonds is 3. The lowest BCUT2D eigenvalue weighted by molar-refractivity contribution is -0.384. The molecule has 0 aliphatic heterocycles. The Morgan fingerprint density at radius 3 is 2.81 bits per heavy atom. The zero-order valence-corrected chi connectivity index (χ0v) is 8.44. The van der Waals surface area contributed by atoms with Gasteiger partial charge in [0.25, 0.3) is 5.95 Å². The monoisotopic (exact) mass is 223 g/mol.